The molecule has 0 saturated heterocycles. The van der Waals surface area contributed by atoms with Crippen molar-refractivity contribution < 1.29 is 0 Å². The molecule has 4 rings (SSSR count). The highest BCUT2D eigenvalue weighted by atomic mass is 14.7. The lowest BCUT2D eigenvalue weighted by molar-refractivity contribution is 0.987. The van der Waals surface area contributed by atoms with E-state index in [4.69, 9.17) is 0 Å². The summed E-state index contributed by atoms with van der Waals surface area (Å²) in [6.45, 7) is 2.23. The van der Waals surface area contributed by atoms with Crippen LogP contribution in [0.15, 0.2) is 60.3 Å². The normalized spacial score (nSPS) is 17.5. The topological polar surface area (TPSA) is 15.8 Å². The van der Waals surface area contributed by atoms with E-state index in [0.717, 1.165) is 0 Å². The molecule has 1 aliphatic carbocycles. The molecular formula is C18H15N. The van der Waals surface area contributed by atoms with Crippen molar-refractivity contribution in [3.8, 4) is 0 Å². The average Bonchev–Trinajstić information content (AvgIpc) is 2.98. The van der Waals surface area contributed by atoms with Crippen LogP contribution in [0.4, 0.5) is 0 Å². The summed E-state index contributed by atoms with van der Waals surface area (Å²) in [5.74, 6) is 0.396. The maximum atomic E-state index is 3.39. The van der Waals surface area contributed by atoms with Crippen LogP contribution in [0.25, 0.3) is 17.0 Å². The van der Waals surface area contributed by atoms with E-state index in [9.17, 15) is 0 Å². The van der Waals surface area contributed by atoms with Gasteiger partial charge in [0, 0.05) is 23.0 Å². The highest BCUT2D eigenvalue weighted by molar-refractivity contribution is 5.86. The van der Waals surface area contributed by atoms with Gasteiger partial charge in [-0.05, 0) is 29.7 Å². The van der Waals surface area contributed by atoms with Crippen LogP contribution >= 0.6 is 0 Å². The van der Waals surface area contributed by atoms with E-state index in [1.54, 1.807) is 0 Å². The van der Waals surface area contributed by atoms with Crippen LogP contribution in [-0.4, -0.2) is 4.98 Å². The lowest BCUT2D eigenvalue weighted by atomic mass is 9.89. The summed E-state index contributed by atoms with van der Waals surface area (Å²) in [5.41, 5.74) is 6.80. The largest absolute Gasteiger partial charge is 0.361 e. The second-order valence-electron chi connectivity index (χ2n) is 5.24. The van der Waals surface area contributed by atoms with Crippen molar-refractivity contribution in [2.75, 3.05) is 0 Å². The molecule has 19 heavy (non-hydrogen) atoms. The fourth-order valence-corrected chi connectivity index (χ4v) is 3.22. The maximum Gasteiger partial charge on any atom is 0.0457 e. The van der Waals surface area contributed by atoms with Crippen molar-refractivity contribution in [2.45, 2.75) is 12.8 Å². The summed E-state index contributed by atoms with van der Waals surface area (Å²) in [4.78, 5) is 3.39. The predicted octanol–water partition coefficient (Wildman–Crippen LogP) is 4.72. The Balaban J connectivity index is 1.96. The molecule has 1 aromatic heterocycles. The van der Waals surface area contributed by atoms with Crippen molar-refractivity contribution in [3.05, 3.63) is 77.0 Å². The smallest absolute Gasteiger partial charge is 0.0457 e. The number of benzene rings is 2. The van der Waals surface area contributed by atoms with E-state index in [2.05, 4.69) is 72.7 Å². The molecular weight excluding hydrogens is 230 g/mol. The number of fused-ring (bicyclic) bond motifs is 2. The van der Waals surface area contributed by atoms with Crippen LogP contribution in [0.1, 0.15) is 29.5 Å². The molecule has 1 aliphatic rings. The molecule has 1 nitrogen and oxygen atoms in total. The molecule has 1 heteroatoms. The van der Waals surface area contributed by atoms with Crippen LogP contribution in [0.3, 0.4) is 0 Å². The number of aromatic nitrogens is 1. The Hall–Kier alpha value is -2.28. The van der Waals surface area contributed by atoms with E-state index in [0.29, 0.717) is 5.92 Å². The number of hydrogen-bond donors (Lipinski definition) is 1. The minimum absolute atomic E-state index is 0.396. The minimum Gasteiger partial charge on any atom is -0.361 e. The van der Waals surface area contributed by atoms with Gasteiger partial charge >= 0.3 is 0 Å². The zero-order chi connectivity index (χ0) is 12.8. The quantitative estimate of drug-likeness (QED) is 0.638. The van der Waals surface area contributed by atoms with Gasteiger partial charge in [0.1, 0.15) is 0 Å². The van der Waals surface area contributed by atoms with Gasteiger partial charge in [0.15, 0.2) is 0 Å². The van der Waals surface area contributed by atoms with Crippen LogP contribution in [-0.2, 0) is 0 Å². The SMILES string of the molecule is CC1=Cc2ccccc2C1c1c[nH]c2ccccc12. The molecule has 1 N–H and O–H groups in total. The van der Waals surface area contributed by atoms with Gasteiger partial charge in [0.05, 0.1) is 0 Å². The predicted molar refractivity (Wildman–Crippen MR) is 80.2 cm³/mol. The van der Waals surface area contributed by atoms with E-state index in [1.165, 1.54) is 33.2 Å². The first-order valence-electron chi connectivity index (χ1n) is 6.68. The van der Waals surface area contributed by atoms with E-state index < -0.39 is 0 Å². The Morgan fingerprint density at radius 1 is 0.895 bits per heavy atom. The third-order valence-corrected chi connectivity index (χ3v) is 4.08. The lowest BCUT2D eigenvalue weighted by Crippen LogP contribution is -1.98. The molecule has 0 radical (unpaired) electrons. The van der Waals surface area contributed by atoms with Crippen LogP contribution in [0.5, 0.6) is 0 Å². The fourth-order valence-electron chi connectivity index (χ4n) is 3.22. The Kier molecular flexibility index (Phi) is 2.16. The summed E-state index contributed by atoms with van der Waals surface area (Å²) >= 11 is 0. The Morgan fingerprint density at radius 3 is 2.63 bits per heavy atom. The Bertz CT molecular complexity index is 792. The summed E-state index contributed by atoms with van der Waals surface area (Å²) in [5, 5.41) is 1.33. The Labute approximate surface area is 112 Å². The number of H-pyrrole nitrogens is 1. The van der Waals surface area contributed by atoms with Gasteiger partial charge in [0.25, 0.3) is 0 Å². The number of nitrogens with one attached hydrogen (secondary N) is 1. The molecule has 3 aromatic rings. The number of para-hydroxylation sites is 1. The second-order valence-corrected chi connectivity index (χ2v) is 5.24. The van der Waals surface area contributed by atoms with Crippen LogP contribution < -0.4 is 0 Å². The molecule has 0 aliphatic heterocycles. The van der Waals surface area contributed by atoms with Gasteiger partial charge in [-0.3, -0.25) is 0 Å². The third-order valence-electron chi connectivity index (χ3n) is 4.08. The van der Waals surface area contributed by atoms with Crippen molar-refractivity contribution in [1.29, 1.82) is 0 Å². The molecule has 0 saturated carbocycles. The third kappa shape index (κ3) is 1.48. The van der Waals surface area contributed by atoms with E-state index in [-0.39, 0.29) is 0 Å². The summed E-state index contributed by atoms with van der Waals surface area (Å²) in [6, 6.07) is 17.2. The molecule has 2 aromatic carbocycles. The van der Waals surface area contributed by atoms with Crippen LogP contribution in [0, 0.1) is 0 Å². The first-order valence-corrected chi connectivity index (χ1v) is 6.68. The van der Waals surface area contributed by atoms with Gasteiger partial charge in [0.2, 0.25) is 0 Å². The number of rotatable bonds is 1. The monoisotopic (exact) mass is 245 g/mol. The summed E-state index contributed by atoms with van der Waals surface area (Å²) < 4.78 is 0. The second kappa shape index (κ2) is 3.86. The number of allylic oxidation sites excluding steroid dienone is 1. The highest BCUT2D eigenvalue weighted by Gasteiger charge is 2.25. The standard InChI is InChI=1S/C18H15N/c1-12-10-13-6-2-3-7-14(13)18(12)16-11-19-17-9-5-4-8-15(16)17/h2-11,18-19H,1H3. The Morgan fingerprint density at radius 2 is 1.68 bits per heavy atom. The zero-order valence-corrected chi connectivity index (χ0v) is 10.9. The highest BCUT2D eigenvalue weighted by Crippen LogP contribution is 2.42. The van der Waals surface area contributed by atoms with Crippen LogP contribution in [0.2, 0.25) is 0 Å². The zero-order valence-electron chi connectivity index (χ0n) is 10.9. The molecule has 92 valence electrons. The van der Waals surface area contributed by atoms with Gasteiger partial charge in [-0.25, -0.2) is 0 Å². The number of aromatic amines is 1. The molecule has 0 bridgehead atoms. The van der Waals surface area contributed by atoms with Crippen molar-refractivity contribution in [1.82, 2.24) is 4.98 Å². The molecule has 1 heterocycles. The van der Waals surface area contributed by atoms with Gasteiger partial charge in [-0.15, -0.1) is 0 Å². The molecule has 0 spiro atoms. The van der Waals surface area contributed by atoms with Crippen molar-refractivity contribution >= 4 is 17.0 Å². The summed E-state index contributed by atoms with van der Waals surface area (Å²) in [7, 11) is 0. The molecule has 0 fully saturated rings. The molecule has 0 amide bonds. The molecule has 1 atom stereocenters. The summed E-state index contributed by atoms with van der Waals surface area (Å²) in [6.07, 6.45) is 4.47. The maximum absolute atomic E-state index is 3.39. The van der Waals surface area contributed by atoms with Crippen molar-refractivity contribution in [3.63, 3.8) is 0 Å². The lowest BCUT2D eigenvalue weighted by Gasteiger charge is -2.13. The fraction of sp³-hybridized carbons (Fsp3) is 0.111. The van der Waals surface area contributed by atoms with E-state index in [1.807, 2.05) is 0 Å². The molecule has 1 unspecified atom stereocenters. The number of hydrogen-bond acceptors (Lipinski definition) is 0. The average molecular weight is 245 g/mol. The van der Waals surface area contributed by atoms with Crippen molar-refractivity contribution in [2.24, 2.45) is 0 Å². The first kappa shape index (κ1) is 10.6. The minimum atomic E-state index is 0.396. The van der Waals surface area contributed by atoms with E-state index >= 15 is 0 Å². The first-order chi connectivity index (χ1) is 9.34. The van der Waals surface area contributed by atoms with Gasteiger partial charge in [-0.1, -0.05) is 54.1 Å². The van der Waals surface area contributed by atoms with Gasteiger partial charge < -0.3 is 4.98 Å². The van der Waals surface area contributed by atoms with Gasteiger partial charge in [-0.2, -0.15) is 0 Å².